The van der Waals surface area contributed by atoms with Gasteiger partial charge in [-0.3, -0.25) is 4.79 Å². The molecule has 0 aliphatic carbocycles. The van der Waals surface area contributed by atoms with Crippen LogP contribution in [0.1, 0.15) is 22.7 Å². The van der Waals surface area contributed by atoms with Crippen LogP contribution in [0.2, 0.25) is 0 Å². The van der Waals surface area contributed by atoms with E-state index in [1.807, 2.05) is 50.5 Å². The highest BCUT2D eigenvalue weighted by Gasteiger charge is 2.14. The van der Waals surface area contributed by atoms with Crippen molar-refractivity contribution >= 4 is 12.0 Å². The molecule has 1 heterocycles. The third kappa shape index (κ3) is 4.48. The smallest absolute Gasteiger partial charge is 0.244 e. The van der Waals surface area contributed by atoms with Gasteiger partial charge in [0.1, 0.15) is 5.75 Å². The van der Waals surface area contributed by atoms with E-state index in [9.17, 15) is 4.79 Å². The van der Waals surface area contributed by atoms with Gasteiger partial charge in [0.2, 0.25) is 5.91 Å². The van der Waals surface area contributed by atoms with Gasteiger partial charge in [0, 0.05) is 19.0 Å². The summed E-state index contributed by atoms with van der Waals surface area (Å²) < 4.78 is 5.50. The van der Waals surface area contributed by atoms with Gasteiger partial charge < -0.3 is 15.0 Å². The van der Waals surface area contributed by atoms with Gasteiger partial charge in [0.25, 0.3) is 0 Å². The molecule has 1 aliphatic heterocycles. The monoisotopic (exact) mass is 336 g/mol. The highest BCUT2D eigenvalue weighted by atomic mass is 16.5. The Morgan fingerprint density at radius 1 is 1.24 bits per heavy atom. The number of fused-ring (bicyclic) bond motifs is 1. The average molecular weight is 336 g/mol. The first-order valence-corrected chi connectivity index (χ1v) is 8.56. The highest BCUT2D eigenvalue weighted by Crippen LogP contribution is 2.26. The van der Waals surface area contributed by atoms with Crippen LogP contribution >= 0.6 is 0 Å². The Kier molecular flexibility index (Phi) is 5.51. The van der Waals surface area contributed by atoms with Crippen LogP contribution in [0.4, 0.5) is 0 Å². The fourth-order valence-electron chi connectivity index (χ4n) is 3.01. The van der Waals surface area contributed by atoms with Crippen LogP contribution in [0.15, 0.2) is 54.6 Å². The lowest BCUT2D eigenvalue weighted by Gasteiger charge is -2.24. The molecule has 0 aromatic heterocycles. The third-order valence-corrected chi connectivity index (χ3v) is 4.42. The lowest BCUT2D eigenvalue weighted by molar-refractivity contribution is -0.116. The number of carbonyl (C=O) groups excluding carboxylic acids is 1. The first kappa shape index (κ1) is 17.2. The molecule has 2 aromatic rings. The molecule has 25 heavy (non-hydrogen) atoms. The minimum Gasteiger partial charge on any atom is -0.493 e. The van der Waals surface area contributed by atoms with E-state index in [1.165, 1.54) is 11.1 Å². The lowest BCUT2D eigenvalue weighted by Crippen LogP contribution is -2.33. The minimum atomic E-state index is -0.0838. The van der Waals surface area contributed by atoms with Crippen LogP contribution in [0.25, 0.3) is 6.08 Å². The first-order chi connectivity index (χ1) is 12.1. The molecule has 1 unspecified atom stereocenters. The van der Waals surface area contributed by atoms with E-state index in [0.717, 1.165) is 24.3 Å². The lowest BCUT2D eigenvalue weighted by atomic mass is 10.1. The summed E-state index contributed by atoms with van der Waals surface area (Å²) in [7, 11) is 4.04. The van der Waals surface area contributed by atoms with E-state index in [4.69, 9.17) is 4.74 Å². The summed E-state index contributed by atoms with van der Waals surface area (Å²) in [4.78, 5) is 14.3. The standard InChI is InChI=1S/C21H24N2O2/c1-23(2)19(17-6-4-3-5-7-17)15-22-21(24)11-9-16-8-10-20-18(14-16)12-13-25-20/h3-11,14,19H,12-13,15H2,1-2H3,(H,22,24)/b11-9+. The first-order valence-electron chi connectivity index (χ1n) is 8.56. The average Bonchev–Trinajstić information content (AvgIpc) is 3.08. The summed E-state index contributed by atoms with van der Waals surface area (Å²) in [5, 5.41) is 2.99. The zero-order valence-electron chi connectivity index (χ0n) is 14.7. The van der Waals surface area contributed by atoms with Crippen molar-refractivity contribution < 1.29 is 9.53 Å². The van der Waals surface area contributed by atoms with E-state index in [-0.39, 0.29) is 11.9 Å². The molecule has 0 fully saturated rings. The second-order valence-electron chi connectivity index (χ2n) is 6.43. The fourth-order valence-corrected chi connectivity index (χ4v) is 3.01. The summed E-state index contributed by atoms with van der Waals surface area (Å²) in [5.74, 6) is 0.873. The number of likely N-dealkylation sites (N-methyl/N-ethyl adjacent to an activating group) is 1. The van der Waals surface area contributed by atoms with Crippen molar-refractivity contribution in [2.24, 2.45) is 0 Å². The summed E-state index contributed by atoms with van der Waals surface area (Å²) in [5.41, 5.74) is 3.42. The molecule has 0 saturated heterocycles. The summed E-state index contributed by atoms with van der Waals surface area (Å²) in [6.07, 6.45) is 4.38. The number of benzene rings is 2. The van der Waals surface area contributed by atoms with Crippen molar-refractivity contribution in [3.8, 4) is 5.75 Å². The second kappa shape index (κ2) is 7.99. The molecule has 0 saturated carbocycles. The number of hydrogen-bond acceptors (Lipinski definition) is 3. The van der Waals surface area contributed by atoms with Crippen molar-refractivity contribution in [1.29, 1.82) is 0 Å². The molecular formula is C21H24N2O2. The zero-order chi connectivity index (χ0) is 17.6. The van der Waals surface area contributed by atoms with Gasteiger partial charge in [-0.1, -0.05) is 36.4 Å². The Morgan fingerprint density at radius 2 is 2.04 bits per heavy atom. The van der Waals surface area contributed by atoms with Gasteiger partial charge in [-0.15, -0.1) is 0 Å². The van der Waals surface area contributed by atoms with Gasteiger partial charge in [-0.2, -0.15) is 0 Å². The van der Waals surface area contributed by atoms with Crippen molar-refractivity contribution in [3.63, 3.8) is 0 Å². The van der Waals surface area contributed by atoms with Crippen LogP contribution < -0.4 is 10.1 Å². The maximum Gasteiger partial charge on any atom is 0.244 e. The number of ether oxygens (including phenoxy) is 1. The molecule has 1 N–H and O–H groups in total. The van der Waals surface area contributed by atoms with Gasteiger partial charge in [0.15, 0.2) is 0 Å². The number of carbonyl (C=O) groups is 1. The number of amides is 1. The van der Waals surface area contributed by atoms with E-state index in [2.05, 4.69) is 28.4 Å². The third-order valence-electron chi connectivity index (χ3n) is 4.42. The number of nitrogens with one attached hydrogen (secondary N) is 1. The molecular weight excluding hydrogens is 312 g/mol. The summed E-state index contributed by atoms with van der Waals surface area (Å²) in [6, 6.07) is 16.4. The van der Waals surface area contributed by atoms with Crippen LogP contribution in [-0.4, -0.2) is 38.1 Å². The molecule has 1 aliphatic rings. The molecule has 4 heteroatoms. The predicted octanol–water partition coefficient (Wildman–Crippen LogP) is 3.05. The quantitative estimate of drug-likeness (QED) is 0.825. The van der Waals surface area contributed by atoms with Crippen molar-refractivity contribution in [2.75, 3.05) is 27.2 Å². The molecule has 1 atom stereocenters. The molecule has 3 rings (SSSR count). The Morgan fingerprint density at radius 3 is 2.80 bits per heavy atom. The fraction of sp³-hybridized carbons (Fsp3) is 0.286. The predicted molar refractivity (Wildman–Crippen MR) is 101 cm³/mol. The molecule has 0 bridgehead atoms. The Balaban J connectivity index is 1.58. The van der Waals surface area contributed by atoms with E-state index >= 15 is 0 Å². The van der Waals surface area contributed by atoms with Gasteiger partial charge >= 0.3 is 0 Å². The second-order valence-corrected chi connectivity index (χ2v) is 6.43. The van der Waals surface area contributed by atoms with E-state index < -0.39 is 0 Å². The number of hydrogen-bond donors (Lipinski definition) is 1. The number of nitrogens with zero attached hydrogens (tertiary/aromatic N) is 1. The molecule has 4 nitrogen and oxygen atoms in total. The Bertz CT molecular complexity index is 754. The van der Waals surface area contributed by atoms with Crippen LogP contribution in [0.3, 0.4) is 0 Å². The minimum absolute atomic E-state index is 0.0838. The normalized spacial score (nSPS) is 14.4. The van der Waals surface area contributed by atoms with Crippen LogP contribution in [-0.2, 0) is 11.2 Å². The van der Waals surface area contributed by atoms with Gasteiger partial charge in [-0.05, 0) is 49.0 Å². The van der Waals surface area contributed by atoms with Gasteiger partial charge in [0.05, 0.1) is 12.6 Å². The molecule has 0 spiro atoms. The number of rotatable bonds is 6. The Labute approximate surface area is 149 Å². The molecule has 1 amide bonds. The summed E-state index contributed by atoms with van der Waals surface area (Å²) in [6.45, 7) is 1.31. The van der Waals surface area contributed by atoms with Crippen LogP contribution in [0, 0.1) is 0 Å². The van der Waals surface area contributed by atoms with E-state index in [1.54, 1.807) is 6.08 Å². The maximum atomic E-state index is 12.2. The molecule has 0 radical (unpaired) electrons. The topological polar surface area (TPSA) is 41.6 Å². The highest BCUT2D eigenvalue weighted by molar-refractivity contribution is 5.91. The van der Waals surface area contributed by atoms with Crippen molar-refractivity contribution in [3.05, 3.63) is 71.3 Å². The Hall–Kier alpha value is -2.59. The van der Waals surface area contributed by atoms with Crippen molar-refractivity contribution in [1.82, 2.24) is 10.2 Å². The SMILES string of the molecule is CN(C)C(CNC(=O)/C=C/c1ccc2c(c1)CCO2)c1ccccc1. The van der Waals surface area contributed by atoms with E-state index in [0.29, 0.717) is 6.54 Å². The largest absolute Gasteiger partial charge is 0.493 e. The molecule has 2 aromatic carbocycles. The van der Waals surface area contributed by atoms with Crippen LogP contribution in [0.5, 0.6) is 5.75 Å². The maximum absolute atomic E-state index is 12.2. The van der Waals surface area contributed by atoms with Crippen molar-refractivity contribution in [2.45, 2.75) is 12.5 Å². The molecule has 130 valence electrons. The van der Waals surface area contributed by atoms with Gasteiger partial charge in [-0.25, -0.2) is 0 Å². The summed E-state index contributed by atoms with van der Waals surface area (Å²) >= 11 is 0. The zero-order valence-corrected chi connectivity index (χ0v) is 14.7.